The van der Waals surface area contributed by atoms with Gasteiger partial charge in [0.1, 0.15) is 5.75 Å². The summed E-state index contributed by atoms with van der Waals surface area (Å²) < 4.78 is 5.22. The van der Waals surface area contributed by atoms with E-state index < -0.39 is 0 Å². The van der Waals surface area contributed by atoms with Crippen LogP contribution in [0.3, 0.4) is 0 Å². The monoisotopic (exact) mass is 267 g/mol. The largest absolute Gasteiger partial charge is 0.508 e. The van der Waals surface area contributed by atoms with Crippen LogP contribution in [-0.4, -0.2) is 20.2 Å². The molecule has 5 heteroatoms. The molecule has 20 heavy (non-hydrogen) atoms. The number of benzene rings is 1. The van der Waals surface area contributed by atoms with Crippen LogP contribution in [0.4, 0.5) is 0 Å². The molecule has 0 saturated heterocycles. The number of hydrogen-bond acceptors (Lipinski definition) is 5. The average molecular weight is 267 g/mol. The Balaban J connectivity index is 1.71. The summed E-state index contributed by atoms with van der Waals surface area (Å²) >= 11 is 0. The second kappa shape index (κ2) is 5.52. The maximum absolute atomic E-state index is 9.70. The molecular weight excluding hydrogens is 254 g/mol. The summed E-state index contributed by atoms with van der Waals surface area (Å²) in [7, 11) is 0. The van der Waals surface area contributed by atoms with Gasteiger partial charge in [-0.3, -0.25) is 4.98 Å². The Labute approximate surface area is 115 Å². The van der Waals surface area contributed by atoms with Crippen molar-refractivity contribution in [1.29, 1.82) is 0 Å². The van der Waals surface area contributed by atoms with E-state index in [0.717, 1.165) is 11.1 Å². The number of para-hydroxylation sites is 1. The number of phenolic OH excluding ortho intramolecular Hbond substituents is 1. The minimum atomic E-state index is 0.293. The summed E-state index contributed by atoms with van der Waals surface area (Å²) in [5, 5.41) is 13.6. The van der Waals surface area contributed by atoms with Crippen molar-refractivity contribution in [2.45, 2.75) is 12.8 Å². The Morgan fingerprint density at radius 3 is 2.60 bits per heavy atom. The van der Waals surface area contributed by atoms with Crippen LogP contribution in [0, 0.1) is 0 Å². The highest BCUT2D eigenvalue weighted by molar-refractivity contribution is 5.52. The van der Waals surface area contributed by atoms with Gasteiger partial charge in [0, 0.05) is 24.4 Å². The fourth-order valence-electron chi connectivity index (χ4n) is 1.94. The van der Waals surface area contributed by atoms with Crippen molar-refractivity contribution >= 4 is 0 Å². The van der Waals surface area contributed by atoms with E-state index in [1.165, 1.54) is 0 Å². The molecule has 0 bridgehead atoms. The second-order valence-corrected chi connectivity index (χ2v) is 4.38. The molecule has 0 atom stereocenters. The lowest BCUT2D eigenvalue weighted by atomic mass is 10.1. The molecule has 0 amide bonds. The molecule has 0 saturated carbocycles. The summed E-state index contributed by atoms with van der Waals surface area (Å²) in [5.41, 5.74) is 1.74. The van der Waals surface area contributed by atoms with E-state index in [1.807, 2.05) is 24.3 Å². The zero-order valence-electron chi connectivity index (χ0n) is 10.7. The number of pyridine rings is 1. The first-order valence-corrected chi connectivity index (χ1v) is 6.33. The summed E-state index contributed by atoms with van der Waals surface area (Å²) in [6, 6.07) is 10.9. The van der Waals surface area contributed by atoms with Crippen molar-refractivity contribution in [3.8, 4) is 17.1 Å². The Hall–Kier alpha value is -2.69. The third-order valence-electron chi connectivity index (χ3n) is 3.01. The first-order valence-electron chi connectivity index (χ1n) is 6.33. The van der Waals surface area contributed by atoms with Gasteiger partial charge in [0.25, 0.3) is 0 Å². The molecule has 2 aromatic heterocycles. The molecule has 5 nitrogen and oxygen atoms in total. The Morgan fingerprint density at radius 2 is 1.80 bits per heavy atom. The quantitative estimate of drug-likeness (QED) is 0.786. The highest BCUT2D eigenvalue weighted by Gasteiger charge is 2.09. The zero-order valence-corrected chi connectivity index (χ0v) is 10.7. The molecule has 0 unspecified atom stereocenters. The van der Waals surface area contributed by atoms with Gasteiger partial charge >= 0.3 is 0 Å². The average Bonchev–Trinajstić information content (AvgIpc) is 2.96. The van der Waals surface area contributed by atoms with Gasteiger partial charge in [0.05, 0.1) is 0 Å². The highest BCUT2D eigenvalue weighted by atomic mass is 16.5. The number of nitrogens with zero attached hydrogens (tertiary/aromatic N) is 3. The molecule has 1 N–H and O–H groups in total. The SMILES string of the molecule is Oc1ccccc1CCc1nc(-c2ccncc2)no1. The lowest BCUT2D eigenvalue weighted by molar-refractivity contribution is 0.378. The topological polar surface area (TPSA) is 72.0 Å². The minimum Gasteiger partial charge on any atom is -0.508 e. The first kappa shape index (κ1) is 12.3. The fraction of sp³-hybridized carbons (Fsp3) is 0.133. The van der Waals surface area contributed by atoms with E-state index in [2.05, 4.69) is 15.1 Å². The Morgan fingerprint density at radius 1 is 1.00 bits per heavy atom. The van der Waals surface area contributed by atoms with Gasteiger partial charge in [0.2, 0.25) is 11.7 Å². The van der Waals surface area contributed by atoms with E-state index in [9.17, 15) is 5.11 Å². The van der Waals surface area contributed by atoms with E-state index in [0.29, 0.717) is 30.3 Å². The lowest BCUT2D eigenvalue weighted by Gasteiger charge is -2.00. The van der Waals surface area contributed by atoms with Gasteiger partial charge in [-0.25, -0.2) is 0 Å². The molecular formula is C15H13N3O2. The summed E-state index contributed by atoms with van der Waals surface area (Å²) in [6.45, 7) is 0. The van der Waals surface area contributed by atoms with Crippen LogP contribution >= 0.6 is 0 Å². The molecule has 2 heterocycles. The molecule has 100 valence electrons. The van der Waals surface area contributed by atoms with E-state index in [1.54, 1.807) is 24.5 Å². The van der Waals surface area contributed by atoms with Crippen molar-refractivity contribution in [2.24, 2.45) is 0 Å². The number of rotatable bonds is 4. The van der Waals surface area contributed by atoms with Crippen LogP contribution in [0.25, 0.3) is 11.4 Å². The van der Waals surface area contributed by atoms with Crippen molar-refractivity contribution < 1.29 is 9.63 Å². The van der Waals surface area contributed by atoms with E-state index in [-0.39, 0.29) is 0 Å². The number of hydrogen-bond donors (Lipinski definition) is 1. The molecule has 1 aromatic carbocycles. The van der Waals surface area contributed by atoms with Gasteiger partial charge in [0.15, 0.2) is 0 Å². The Kier molecular flexibility index (Phi) is 3.41. The van der Waals surface area contributed by atoms with Gasteiger partial charge in [-0.15, -0.1) is 0 Å². The molecule has 0 radical (unpaired) electrons. The van der Waals surface area contributed by atoms with Crippen LogP contribution in [0.2, 0.25) is 0 Å². The summed E-state index contributed by atoms with van der Waals surface area (Å²) in [6.07, 6.45) is 4.63. The molecule has 0 spiro atoms. The molecule has 3 aromatic rings. The molecule has 0 aliphatic rings. The van der Waals surface area contributed by atoms with Gasteiger partial charge in [-0.1, -0.05) is 23.4 Å². The number of aromatic hydroxyl groups is 1. The summed E-state index contributed by atoms with van der Waals surface area (Å²) in [4.78, 5) is 8.29. The molecule has 3 rings (SSSR count). The van der Waals surface area contributed by atoms with Gasteiger partial charge in [-0.05, 0) is 30.2 Å². The maximum Gasteiger partial charge on any atom is 0.227 e. The number of aryl methyl sites for hydroxylation is 2. The smallest absolute Gasteiger partial charge is 0.227 e. The molecule has 0 aliphatic heterocycles. The van der Waals surface area contributed by atoms with Crippen molar-refractivity contribution in [1.82, 2.24) is 15.1 Å². The standard InChI is InChI=1S/C15H13N3O2/c19-13-4-2-1-3-11(13)5-6-14-17-15(18-20-14)12-7-9-16-10-8-12/h1-4,7-10,19H,5-6H2. The van der Waals surface area contributed by atoms with Crippen LogP contribution in [-0.2, 0) is 12.8 Å². The molecule has 0 fully saturated rings. The number of aromatic nitrogens is 3. The van der Waals surface area contributed by atoms with E-state index >= 15 is 0 Å². The number of phenols is 1. The van der Waals surface area contributed by atoms with Crippen molar-refractivity contribution in [3.63, 3.8) is 0 Å². The normalized spacial score (nSPS) is 10.6. The first-order chi connectivity index (χ1) is 9.83. The predicted molar refractivity (Wildman–Crippen MR) is 73.0 cm³/mol. The van der Waals surface area contributed by atoms with Gasteiger partial charge in [-0.2, -0.15) is 4.98 Å². The zero-order chi connectivity index (χ0) is 13.8. The molecule has 0 aliphatic carbocycles. The second-order valence-electron chi connectivity index (χ2n) is 4.38. The summed E-state index contributed by atoms with van der Waals surface area (Å²) in [5.74, 6) is 1.40. The van der Waals surface area contributed by atoms with Crippen LogP contribution < -0.4 is 0 Å². The van der Waals surface area contributed by atoms with Crippen molar-refractivity contribution in [2.75, 3.05) is 0 Å². The van der Waals surface area contributed by atoms with Gasteiger partial charge < -0.3 is 9.63 Å². The third kappa shape index (κ3) is 2.66. The fourth-order valence-corrected chi connectivity index (χ4v) is 1.94. The minimum absolute atomic E-state index is 0.293. The van der Waals surface area contributed by atoms with Crippen molar-refractivity contribution in [3.05, 3.63) is 60.2 Å². The van der Waals surface area contributed by atoms with Crippen LogP contribution in [0.15, 0.2) is 53.3 Å². The van der Waals surface area contributed by atoms with Crippen LogP contribution in [0.1, 0.15) is 11.5 Å². The predicted octanol–water partition coefficient (Wildman–Crippen LogP) is 2.62. The van der Waals surface area contributed by atoms with E-state index in [4.69, 9.17) is 4.52 Å². The van der Waals surface area contributed by atoms with Crippen LogP contribution in [0.5, 0.6) is 5.75 Å². The third-order valence-corrected chi connectivity index (χ3v) is 3.01. The highest BCUT2D eigenvalue weighted by Crippen LogP contribution is 2.19. The lowest BCUT2D eigenvalue weighted by Crippen LogP contribution is -1.92. The maximum atomic E-state index is 9.70. The Bertz CT molecular complexity index is 695.